The van der Waals surface area contributed by atoms with Crippen molar-refractivity contribution in [3.8, 4) is 0 Å². The average Bonchev–Trinajstić information content (AvgIpc) is 3.21. The molecular weight excluding hydrogens is 473 g/mol. The number of nitrogens with two attached hydrogens (primary N) is 1. The molecule has 13 heteroatoms. The highest BCUT2D eigenvalue weighted by Gasteiger charge is 2.50. The third kappa shape index (κ3) is 4.46. The van der Waals surface area contributed by atoms with Crippen LogP contribution in [0.4, 0.5) is 10.3 Å². The lowest BCUT2D eigenvalue weighted by Crippen LogP contribution is -2.37. The molecule has 2 aromatic heterocycles. The van der Waals surface area contributed by atoms with Crippen molar-refractivity contribution in [3.63, 3.8) is 0 Å². The van der Waals surface area contributed by atoms with Gasteiger partial charge in [-0.15, -0.1) is 0 Å². The fraction of sp³-hybridized carbons (Fsp3) is 0.381. The number of carbonyl (C=O) groups excluding carboxylic acids is 2. The molecule has 3 heterocycles. The zero-order valence-corrected chi connectivity index (χ0v) is 18.9. The first-order valence-corrected chi connectivity index (χ1v) is 10.6. The summed E-state index contributed by atoms with van der Waals surface area (Å²) in [5, 5.41) is 0.481. The summed E-state index contributed by atoms with van der Waals surface area (Å²) in [6, 6.07) is 6.89. The molecule has 4 atom stereocenters. The number of esters is 2. The maximum atomic E-state index is 15.3. The second-order valence-corrected chi connectivity index (χ2v) is 8.11. The van der Waals surface area contributed by atoms with E-state index < -0.39 is 48.7 Å². The number of carbonyl (C=O) groups is 2. The fourth-order valence-electron chi connectivity index (χ4n) is 3.90. The van der Waals surface area contributed by atoms with Gasteiger partial charge in [-0.05, 0) is 17.7 Å². The number of benzene rings is 1. The van der Waals surface area contributed by atoms with Crippen molar-refractivity contribution >= 4 is 40.7 Å². The third-order valence-electron chi connectivity index (χ3n) is 5.37. The van der Waals surface area contributed by atoms with Gasteiger partial charge in [0.1, 0.15) is 11.6 Å². The molecule has 4 rings (SSSR count). The van der Waals surface area contributed by atoms with Gasteiger partial charge in [0.05, 0.1) is 26.3 Å². The van der Waals surface area contributed by atoms with Crippen LogP contribution < -0.4 is 11.4 Å². The molecule has 34 heavy (non-hydrogen) atoms. The SMILES string of the molecule is COC(=O)C[C@H]1O[C@@H](n2c(=O)n(Cc3cccc(Cl)c3)c3cnc(N)nc32)[C@H](OC(C)=O)[C@@H]1F. The van der Waals surface area contributed by atoms with E-state index >= 15 is 4.39 Å². The number of hydrogen-bond donors (Lipinski definition) is 1. The lowest BCUT2D eigenvalue weighted by Gasteiger charge is -2.19. The van der Waals surface area contributed by atoms with Gasteiger partial charge in [-0.2, -0.15) is 4.98 Å². The largest absolute Gasteiger partial charge is 0.469 e. The highest BCUT2D eigenvalue weighted by molar-refractivity contribution is 6.30. The van der Waals surface area contributed by atoms with E-state index in [1.165, 1.54) is 10.8 Å². The summed E-state index contributed by atoms with van der Waals surface area (Å²) in [6.07, 6.45) is -5.26. The molecule has 1 aliphatic rings. The highest BCUT2D eigenvalue weighted by atomic mass is 35.5. The smallest absolute Gasteiger partial charge is 0.332 e. The molecule has 0 spiro atoms. The van der Waals surface area contributed by atoms with Crippen LogP contribution in [0.5, 0.6) is 0 Å². The predicted molar refractivity (Wildman–Crippen MR) is 118 cm³/mol. The van der Waals surface area contributed by atoms with Gasteiger partial charge in [0.15, 0.2) is 24.2 Å². The number of hydrogen-bond acceptors (Lipinski definition) is 9. The Balaban J connectivity index is 1.84. The van der Waals surface area contributed by atoms with Crippen molar-refractivity contribution in [3.05, 3.63) is 51.5 Å². The normalized spacial score (nSPS) is 22.1. The minimum Gasteiger partial charge on any atom is -0.469 e. The molecule has 2 N–H and O–H groups in total. The van der Waals surface area contributed by atoms with Gasteiger partial charge >= 0.3 is 17.6 Å². The summed E-state index contributed by atoms with van der Waals surface area (Å²) in [4.78, 5) is 45.1. The summed E-state index contributed by atoms with van der Waals surface area (Å²) in [7, 11) is 1.15. The van der Waals surface area contributed by atoms with Crippen molar-refractivity contribution < 1.29 is 28.2 Å². The third-order valence-corrected chi connectivity index (χ3v) is 5.61. The number of imidazole rings is 1. The Morgan fingerprint density at radius 2 is 2.12 bits per heavy atom. The average molecular weight is 494 g/mol. The first kappa shape index (κ1) is 23.6. The van der Waals surface area contributed by atoms with Crippen molar-refractivity contribution in [2.75, 3.05) is 12.8 Å². The number of ether oxygens (including phenoxy) is 3. The summed E-state index contributed by atoms with van der Waals surface area (Å²) < 4.78 is 33.1. The Hall–Kier alpha value is -3.51. The Labute approximate surface area is 197 Å². The molecular formula is C21H21ClFN5O6. The second kappa shape index (κ2) is 9.39. The van der Waals surface area contributed by atoms with Gasteiger partial charge in [-0.1, -0.05) is 23.7 Å². The first-order valence-electron chi connectivity index (χ1n) is 10.2. The van der Waals surface area contributed by atoms with Crippen LogP contribution in [0.3, 0.4) is 0 Å². The number of nitrogens with zero attached hydrogens (tertiary/aromatic N) is 4. The number of rotatable bonds is 6. The number of aromatic nitrogens is 4. The fourth-order valence-corrected chi connectivity index (χ4v) is 4.12. The van der Waals surface area contributed by atoms with Crippen LogP contribution in [0.25, 0.3) is 11.2 Å². The molecule has 1 aliphatic heterocycles. The van der Waals surface area contributed by atoms with Gasteiger partial charge in [0, 0.05) is 11.9 Å². The van der Waals surface area contributed by atoms with Crippen LogP contribution in [-0.2, 0) is 30.3 Å². The van der Waals surface area contributed by atoms with E-state index in [0.29, 0.717) is 10.6 Å². The van der Waals surface area contributed by atoms with Crippen molar-refractivity contribution in [1.82, 2.24) is 19.1 Å². The topological polar surface area (TPSA) is 141 Å². The molecule has 0 unspecified atom stereocenters. The molecule has 1 fully saturated rings. The van der Waals surface area contributed by atoms with Crippen LogP contribution >= 0.6 is 11.6 Å². The number of methoxy groups -OCH3 is 1. The summed E-state index contributed by atoms with van der Waals surface area (Å²) >= 11 is 6.07. The Morgan fingerprint density at radius 1 is 1.35 bits per heavy atom. The summed E-state index contributed by atoms with van der Waals surface area (Å²) in [6.45, 7) is 1.19. The van der Waals surface area contributed by atoms with Crippen LogP contribution in [-0.4, -0.2) is 56.5 Å². The molecule has 180 valence electrons. The van der Waals surface area contributed by atoms with Crippen LogP contribution in [0, 0.1) is 0 Å². The minimum absolute atomic E-state index is 0.0487. The molecule has 11 nitrogen and oxygen atoms in total. The molecule has 0 saturated carbocycles. The van der Waals surface area contributed by atoms with E-state index in [1.807, 2.05) is 0 Å². The second-order valence-electron chi connectivity index (χ2n) is 7.67. The molecule has 0 bridgehead atoms. The van der Waals surface area contributed by atoms with E-state index in [1.54, 1.807) is 24.3 Å². The Kier molecular flexibility index (Phi) is 6.53. The maximum Gasteiger partial charge on any atom is 0.332 e. The van der Waals surface area contributed by atoms with E-state index in [-0.39, 0.29) is 23.7 Å². The van der Waals surface area contributed by atoms with Gasteiger partial charge in [-0.3, -0.25) is 14.2 Å². The quantitative estimate of drug-likeness (QED) is 0.507. The summed E-state index contributed by atoms with van der Waals surface area (Å²) in [5.74, 6) is -1.65. The Morgan fingerprint density at radius 3 is 2.79 bits per heavy atom. The Bertz CT molecular complexity index is 1310. The standard InChI is InChI=1S/C21H21ClFN5O6/c1-10(29)33-17-16(23)14(7-15(30)32-2)34-19(17)28-18-13(8-25-20(24)26-18)27(21(28)31)9-11-4-3-5-12(22)6-11/h3-6,8,14,16-17,19H,7,9H2,1-2H3,(H2,24,25,26)/t14-,16-,17-,19-/m1/s1. The van der Waals surface area contributed by atoms with E-state index in [2.05, 4.69) is 14.7 Å². The maximum absolute atomic E-state index is 15.3. The number of alkyl halides is 1. The number of anilines is 1. The van der Waals surface area contributed by atoms with Crippen LogP contribution in [0.15, 0.2) is 35.3 Å². The summed E-state index contributed by atoms with van der Waals surface area (Å²) in [5.41, 5.74) is 6.16. The van der Waals surface area contributed by atoms with Crippen molar-refractivity contribution in [2.24, 2.45) is 0 Å². The first-order chi connectivity index (χ1) is 16.2. The van der Waals surface area contributed by atoms with Crippen LogP contribution in [0.1, 0.15) is 25.1 Å². The molecule has 0 amide bonds. The monoisotopic (exact) mass is 493 g/mol. The lowest BCUT2D eigenvalue weighted by molar-refractivity contribution is -0.154. The van der Waals surface area contributed by atoms with Gasteiger partial charge in [-0.25, -0.2) is 18.7 Å². The van der Waals surface area contributed by atoms with Gasteiger partial charge < -0.3 is 19.9 Å². The predicted octanol–water partition coefficient (Wildman–Crippen LogP) is 1.61. The van der Waals surface area contributed by atoms with E-state index in [9.17, 15) is 14.4 Å². The minimum atomic E-state index is -1.91. The lowest BCUT2D eigenvalue weighted by atomic mass is 10.1. The van der Waals surface area contributed by atoms with Crippen molar-refractivity contribution in [1.29, 1.82) is 0 Å². The van der Waals surface area contributed by atoms with Crippen molar-refractivity contribution in [2.45, 2.75) is 44.5 Å². The number of nitrogen functional groups attached to an aromatic ring is 1. The van der Waals surface area contributed by atoms with Gasteiger partial charge in [0.2, 0.25) is 5.95 Å². The van der Waals surface area contributed by atoms with E-state index in [4.69, 9.17) is 26.8 Å². The number of halogens is 2. The molecule has 1 saturated heterocycles. The number of fused-ring (bicyclic) bond motifs is 1. The molecule has 0 aliphatic carbocycles. The van der Waals surface area contributed by atoms with Gasteiger partial charge in [0.25, 0.3) is 0 Å². The zero-order chi connectivity index (χ0) is 24.6. The van der Waals surface area contributed by atoms with Crippen LogP contribution in [0.2, 0.25) is 5.02 Å². The highest BCUT2D eigenvalue weighted by Crippen LogP contribution is 2.36. The molecule has 3 aromatic rings. The zero-order valence-electron chi connectivity index (χ0n) is 18.2. The van der Waals surface area contributed by atoms with E-state index in [0.717, 1.165) is 18.6 Å². The molecule has 1 aromatic carbocycles. The molecule has 0 radical (unpaired) electrons.